The van der Waals surface area contributed by atoms with Gasteiger partial charge in [-0.15, -0.1) is 0 Å². The fraction of sp³-hybridized carbons (Fsp3) is 0.368. The fourth-order valence-electron chi connectivity index (χ4n) is 2.88. The van der Waals surface area contributed by atoms with E-state index >= 15 is 0 Å². The van der Waals surface area contributed by atoms with Crippen LogP contribution in [-0.4, -0.2) is 16.1 Å². The molecule has 1 heterocycles. The molecule has 3 unspecified atom stereocenters. The van der Waals surface area contributed by atoms with Gasteiger partial charge < -0.3 is 5.11 Å². The minimum absolute atomic E-state index is 0.226. The van der Waals surface area contributed by atoms with Crippen molar-refractivity contribution in [2.75, 3.05) is 0 Å². The lowest BCUT2D eigenvalue weighted by Crippen LogP contribution is -2.15. The molecule has 0 fully saturated rings. The largest absolute Gasteiger partial charge is 0.481 e. The van der Waals surface area contributed by atoms with Gasteiger partial charge in [-0.2, -0.15) is 0 Å². The van der Waals surface area contributed by atoms with E-state index in [1.54, 1.807) is 19.3 Å². The number of carbonyl (C=O) groups is 1. The minimum Gasteiger partial charge on any atom is -0.481 e. The number of hydrogen-bond acceptors (Lipinski definition) is 2. The predicted octanol–water partition coefficient (Wildman–Crippen LogP) is 4.47. The second-order valence-electron chi connectivity index (χ2n) is 6.00. The van der Waals surface area contributed by atoms with Gasteiger partial charge in [0.25, 0.3) is 0 Å². The van der Waals surface area contributed by atoms with Crippen molar-refractivity contribution in [3.8, 4) is 0 Å². The molecular formula is C19H23NO2. The van der Waals surface area contributed by atoms with E-state index in [4.69, 9.17) is 0 Å². The molecule has 0 aliphatic carbocycles. The van der Waals surface area contributed by atoms with Crippen LogP contribution in [0.3, 0.4) is 0 Å². The maximum atomic E-state index is 11.2. The maximum absolute atomic E-state index is 11.2. The van der Waals surface area contributed by atoms with Gasteiger partial charge in [-0.25, -0.2) is 0 Å². The molecular weight excluding hydrogens is 274 g/mol. The number of hydrogen-bond donors (Lipinski definition) is 1. The van der Waals surface area contributed by atoms with Crippen LogP contribution in [-0.2, 0) is 4.79 Å². The molecule has 1 aromatic carbocycles. The van der Waals surface area contributed by atoms with Crippen LogP contribution in [0, 0.1) is 5.92 Å². The number of rotatable bonds is 7. The summed E-state index contributed by atoms with van der Waals surface area (Å²) in [5.74, 6) is -0.461. The Morgan fingerprint density at radius 1 is 1.00 bits per heavy atom. The summed E-state index contributed by atoms with van der Waals surface area (Å²) in [6, 6.07) is 14.4. The highest BCUT2D eigenvalue weighted by Crippen LogP contribution is 2.34. The Hall–Kier alpha value is -2.16. The zero-order valence-corrected chi connectivity index (χ0v) is 13.1. The van der Waals surface area contributed by atoms with Crippen LogP contribution >= 0.6 is 0 Å². The standard InChI is InChI=1S/C19H23NO2/c1-14(16-6-4-3-5-7-16)12-18(13-15(2)19(21)22)17-8-10-20-11-9-17/h3-11,14-15,18H,12-13H2,1-2H3,(H,21,22). The second kappa shape index (κ2) is 7.74. The van der Waals surface area contributed by atoms with Crippen LogP contribution in [0.1, 0.15) is 49.7 Å². The van der Waals surface area contributed by atoms with E-state index in [1.165, 1.54) is 11.1 Å². The van der Waals surface area contributed by atoms with E-state index in [9.17, 15) is 9.90 Å². The van der Waals surface area contributed by atoms with Crippen LogP contribution in [0.4, 0.5) is 0 Å². The SMILES string of the molecule is CC(CC(CC(C)c1ccccc1)c1ccncc1)C(=O)O. The maximum Gasteiger partial charge on any atom is 0.306 e. The molecule has 0 aliphatic rings. The van der Waals surface area contributed by atoms with E-state index in [0.29, 0.717) is 12.3 Å². The smallest absolute Gasteiger partial charge is 0.306 e. The molecule has 0 saturated carbocycles. The molecule has 0 aliphatic heterocycles. The van der Waals surface area contributed by atoms with Crippen molar-refractivity contribution in [3.05, 3.63) is 66.0 Å². The average Bonchev–Trinajstić information content (AvgIpc) is 2.55. The summed E-state index contributed by atoms with van der Waals surface area (Å²) in [6.07, 6.45) is 5.14. The summed E-state index contributed by atoms with van der Waals surface area (Å²) in [5.41, 5.74) is 2.47. The van der Waals surface area contributed by atoms with Gasteiger partial charge in [0.1, 0.15) is 0 Å². The summed E-state index contributed by atoms with van der Waals surface area (Å²) in [5, 5.41) is 9.22. The molecule has 1 aromatic heterocycles. The van der Waals surface area contributed by atoms with Gasteiger partial charge in [0.2, 0.25) is 0 Å². The molecule has 0 radical (unpaired) electrons. The van der Waals surface area contributed by atoms with E-state index in [-0.39, 0.29) is 11.8 Å². The Morgan fingerprint density at radius 2 is 1.64 bits per heavy atom. The van der Waals surface area contributed by atoms with E-state index in [1.807, 2.05) is 30.3 Å². The van der Waals surface area contributed by atoms with Gasteiger partial charge in [0.15, 0.2) is 0 Å². The van der Waals surface area contributed by atoms with E-state index < -0.39 is 5.97 Å². The lowest BCUT2D eigenvalue weighted by atomic mass is 9.81. The van der Waals surface area contributed by atoms with Gasteiger partial charge in [0.05, 0.1) is 5.92 Å². The van der Waals surface area contributed by atoms with Crippen molar-refractivity contribution < 1.29 is 9.90 Å². The molecule has 0 saturated heterocycles. The number of pyridine rings is 1. The first-order valence-electron chi connectivity index (χ1n) is 7.75. The Bertz CT molecular complexity index is 583. The van der Waals surface area contributed by atoms with Crippen molar-refractivity contribution in [1.82, 2.24) is 4.98 Å². The first kappa shape index (κ1) is 16.2. The summed E-state index contributed by atoms with van der Waals surface area (Å²) in [6.45, 7) is 3.98. The van der Waals surface area contributed by atoms with Crippen LogP contribution in [0.25, 0.3) is 0 Å². The second-order valence-corrected chi connectivity index (χ2v) is 6.00. The first-order valence-corrected chi connectivity index (χ1v) is 7.75. The third-order valence-corrected chi connectivity index (χ3v) is 4.24. The number of carboxylic acids is 1. The lowest BCUT2D eigenvalue weighted by Gasteiger charge is -2.23. The van der Waals surface area contributed by atoms with Gasteiger partial charge in [-0.3, -0.25) is 9.78 Å². The van der Waals surface area contributed by atoms with Crippen molar-refractivity contribution >= 4 is 5.97 Å². The molecule has 0 amide bonds. The van der Waals surface area contributed by atoms with Crippen LogP contribution in [0.5, 0.6) is 0 Å². The lowest BCUT2D eigenvalue weighted by molar-refractivity contribution is -0.141. The Kier molecular flexibility index (Phi) is 5.70. The summed E-state index contributed by atoms with van der Waals surface area (Å²) in [4.78, 5) is 15.3. The van der Waals surface area contributed by atoms with Crippen molar-refractivity contribution in [1.29, 1.82) is 0 Å². The zero-order chi connectivity index (χ0) is 15.9. The van der Waals surface area contributed by atoms with E-state index in [2.05, 4.69) is 24.0 Å². The number of benzene rings is 1. The van der Waals surface area contributed by atoms with Crippen LogP contribution < -0.4 is 0 Å². The number of aliphatic carboxylic acids is 1. The zero-order valence-electron chi connectivity index (χ0n) is 13.1. The third kappa shape index (κ3) is 4.42. The van der Waals surface area contributed by atoms with Crippen LogP contribution in [0.15, 0.2) is 54.9 Å². The number of carboxylic acid groups (broad SMARTS) is 1. The van der Waals surface area contributed by atoms with Crippen molar-refractivity contribution in [3.63, 3.8) is 0 Å². The molecule has 2 rings (SSSR count). The van der Waals surface area contributed by atoms with Gasteiger partial charge in [-0.05, 0) is 47.9 Å². The van der Waals surface area contributed by atoms with Gasteiger partial charge in [-0.1, -0.05) is 44.2 Å². The molecule has 0 bridgehead atoms. The molecule has 116 valence electrons. The molecule has 2 aromatic rings. The normalized spacial score (nSPS) is 15.0. The summed E-state index contributed by atoms with van der Waals surface area (Å²) < 4.78 is 0. The highest BCUT2D eigenvalue weighted by atomic mass is 16.4. The van der Waals surface area contributed by atoms with Crippen molar-refractivity contribution in [2.45, 2.75) is 38.5 Å². The summed E-state index contributed by atoms with van der Waals surface area (Å²) in [7, 11) is 0. The first-order chi connectivity index (χ1) is 10.6. The van der Waals surface area contributed by atoms with Gasteiger partial charge in [0, 0.05) is 12.4 Å². The van der Waals surface area contributed by atoms with E-state index in [0.717, 1.165) is 6.42 Å². The number of aromatic nitrogens is 1. The molecule has 22 heavy (non-hydrogen) atoms. The van der Waals surface area contributed by atoms with Crippen molar-refractivity contribution in [2.24, 2.45) is 5.92 Å². The molecule has 1 N–H and O–H groups in total. The molecule has 3 atom stereocenters. The topological polar surface area (TPSA) is 50.2 Å². The quantitative estimate of drug-likeness (QED) is 0.820. The van der Waals surface area contributed by atoms with Gasteiger partial charge >= 0.3 is 5.97 Å². The Morgan fingerprint density at radius 3 is 2.23 bits per heavy atom. The molecule has 3 nitrogen and oxygen atoms in total. The minimum atomic E-state index is -0.730. The molecule has 3 heteroatoms. The highest BCUT2D eigenvalue weighted by molar-refractivity contribution is 5.69. The highest BCUT2D eigenvalue weighted by Gasteiger charge is 2.22. The third-order valence-electron chi connectivity index (χ3n) is 4.24. The monoisotopic (exact) mass is 297 g/mol. The number of nitrogens with zero attached hydrogens (tertiary/aromatic N) is 1. The summed E-state index contributed by atoms with van der Waals surface area (Å²) >= 11 is 0. The Labute approximate surface area is 132 Å². The average molecular weight is 297 g/mol. The fourth-order valence-corrected chi connectivity index (χ4v) is 2.88. The molecule has 0 spiro atoms. The van der Waals surface area contributed by atoms with Crippen LogP contribution in [0.2, 0.25) is 0 Å². The predicted molar refractivity (Wildman–Crippen MR) is 87.9 cm³/mol. The Balaban J connectivity index is 2.16.